The number of aliphatic hydroxyl groups excluding tert-OH is 6. The molecular formula is C78H90O12Ti3. The van der Waals surface area contributed by atoms with Crippen LogP contribution in [0.15, 0.2) is 218 Å². The third-order valence-corrected chi connectivity index (χ3v) is 12.2. The van der Waals surface area contributed by atoms with Crippen LogP contribution >= 0.6 is 0 Å². The Bertz CT molecular complexity index is 3460. The molecule has 0 aliphatic heterocycles. The van der Waals surface area contributed by atoms with E-state index >= 15 is 0 Å². The van der Waals surface area contributed by atoms with Crippen molar-refractivity contribution >= 4 is 64.6 Å². The monoisotopic (exact) mass is 1360 g/mol. The van der Waals surface area contributed by atoms with Crippen LogP contribution in [0.25, 0.3) is 98.0 Å². The van der Waals surface area contributed by atoms with Gasteiger partial charge in [-0.15, -0.1) is 0 Å². The second-order valence-corrected chi connectivity index (χ2v) is 22.6. The van der Waals surface area contributed by atoms with Gasteiger partial charge in [-0.3, -0.25) is 0 Å². The van der Waals surface area contributed by atoms with Gasteiger partial charge in [0.15, 0.2) is 0 Å². The summed E-state index contributed by atoms with van der Waals surface area (Å²) in [6, 6.07) is 68.6. The van der Waals surface area contributed by atoms with E-state index in [2.05, 4.69) is 0 Å². The second-order valence-electron chi connectivity index (χ2n) is 22.6. The largest absolute Gasteiger partial charge is 0.507 e. The van der Waals surface area contributed by atoms with Gasteiger partial charge in [-0.2, -0.15) is 0 Å². The molecule has 0 saturated heterocycles. The molecule has 0 fully saturated rings. The van der Waals surface area contributed by atoms with Crippen LogP contribution in [0.4, 0.5) is 0 Å². The van der Waals surface area contributed by atoms with E-state index in [1.54, 1.807) is 119 Å². The van der Waals surface area contributed by atoms with Crippen molar-refractivity contribution in [2.75, 3.05) is 0 Å². The minimum atomic E-state index is -0.167. The smallest absolute Gasteiger partial charge is 0.124 e. The Morgan fingerprint density at radius 2 is 0.269 bits per heavy atom. The van der Waals surface area contributed by atoms with Crippen molar-refractivity contribution < 1.29 is 126 Å². The van der Waals surface area contributed by atoms with Gasteiger partial charge in [0.05, 0.1) is 0 Å². The molecule has 12 nitrogen and oxygen atoms in total. The van der Waals surface area contributed by atoms with Crippen LogP contribution in [-0.4, -0.2) is 97.9 Å². The standard InChI is InChI=1S/3C20H14O2.6C3H8O.3Ti/c3*21-17-11-9-13-5-1-3-7-15(13)19(17)20-16-8-4-2-6-14(16)10-12-18(20)22;6*1-3(2)4;;;/h3*1-12,21-22H;6*3-4H,1-2H3;;;. The maximum absolute atomic E-state index is 10.4. The molecule has 12 aromatic rings. The number of fused-ring (bicyclic) bond motifs is 6. The molecule has 0 heterocycles. The number of phenols is 6. The van der Waals surface area contributed by atoms with Crippen LogP contribution in [0.2, 0.25) is 0 Å². The first-order valence-corrected chi connectivity index (χ1v) is 30.0. The Kier molecular flexibility index (Phi) is 38.1. The summed E-state index contributed by atoms with van der Waals surface area (Å²) < 4.78 is 0. The number of aromatic hydroxyl groups is 6. The Balaban J connectivity index is 0.000000585. The zero-order chi connectivity index (χ0) is 66.8. The van der Waals surface area contributed by atoms with Crippen molar-refractivity contribution in [1.29, 1.82) is 0 Å². The summed E-state index contributed by atoms with van der Waals surface area (Å²) in [5.74, 6) is 1.03. The minimum Gasteiger partial charge on any atom is -0.507 e. The van der Waals surface area contributed by atoms with Gasteiger partial charge in [-0.1, -0.05) is 182 Å². The van der Waals surface area contributed by atoms with Gasteiger partial charge in [0.1, 0.15) is 34.5 Å². The summed E-state index contributed by atoms with van der Waals surface area (Å²) in [5, 5.41) is 123. The molecule has 0 atom stereocenters. The van der Waals surface area contributed by atoms with Gasteiger partial charge >= 0.3 is 0 Å². The van der Waals surface area contributed by atoms with Gasteiger partial charge in [-0.05, 0) is 184 Å². The second kappa shape index (κ2) is 42.3. The van der Waals surface area contributed by atoms with Crippen molar-refractivity contribution in [1.82, 2.24) is 0 Å². The summed E-state index contributed by atoms with van der Waals surface area (Å²) in [6.45, 7) is 20.7. The quantitative estimate of drug-likeness (QED) is 0.0740. The van der Waals surface area contributed by atoms with Crippen molar-refractivity contribution in [3.05, 3.63) is 218 Å². The Labute approximate surface area is 592 Å². The molecule has 0 bridgehead atoms. The fourth-order valence-corrected chi connectivity index (χ4v) is 9.14. The van der Waals surface area contributed by atoms with Crippen LogP contribution in [0.3, 0.4) is 0 Å². The molecule has 0 amide bonds. The molecule has 0 aliphatic carbocycles. The number of hydrogen-bond acceptors (Lipinski definition) is 12. The van der Waals surface area contributed by atoms with Gasteiger partial charge in [-0.25, -0.2) is 0 Å². The average Bonchev–Trinajstić information content (AvgIpc) is 0.781. The van der Waals surface area contributed by atoms with E-state index in [1.807, 2.05) is 182 Å². The maximum Gasteiger partial charge on any atom is 0.124 e. The summed E-state index contributed by atoms with van der Waals surface area (Å²) in [7, 11) is 0. The minimum absolute atomic E-state index is 0. The van der Waals surface area contributed by atoms with E-state index < -0.39 is 0 Å². The van der Waals surface area contributed by atoms with Gasteiger partial charge in [0.2, 0.25) is 0 Å². The first kappa shape index (κ1) is 83.9. The van der Waals surface area contributed by atoms with Gasteiger partial charge < -0.3 is 61.3 Å². The topological polar surface area (TPSA) is 243 Å². The molecule has 0 spiro atoms. The van der Waals surface area contributed by atoms with Gasteiger partial charge in [0, 0.05) is 135 Å². The fraction of sp³-hybridized carbons (Fsp3) is 0.231. The number of rotatable bonds is 3. The normalized spacial score (nSPS) is 10.2. The number of hydrogen-bond donors (Lipinski definition) is 12. The van der Waals surface area contributed by atoms with E-state index in [0.29, 0.717) is 33.4 Å². The number of aliphatic hydroxyl groups is 6. The van der Waals surface area contributed by atoms with Crippen molar-refractivity contribution in [3.8, 4) is 67.9 Å². The molecule has 12 N–H and O–H groups in total. The Morgan fingerprint density at radius 3 is 0.376 bits per heavy atom. The fourth-order valence-electron chi connectivity index (χ4n) is 9.14. The summed E-state index contributed by atoms with van der Waals surface area (Å²) in [5.41, 5.74) is 4.04. The first-order chi connectivity index (χ1) is 42.7. The zero-order valence-corrected chi connectivity index (χ0v) is 59.8. The van der Waals surface area contributed by atoms with Crippen molar-refractivity contribution in [3.63, 3.8) is 0 Å². The summed E-state index contributed by atoms with van der Waals surface area (Å²) in [4.78, 5) is 0. The molecule has 12 aromatic carbocycles. The number of benzene rings is 12. The first-order valence-electron chi connectivity index (χ1n) is 30.0. The molecule has 12 rings (SSSR count). The molecule has 486 valence electrons. The average molecular weight is 1360 g/mol. The van der Waals surface area contributed by atoms with Gasteiger partial charge in [0.25, 0.3) is 0 Å². The maximum atomic E-state index is 10.4. The van der Waals surface area contributed by atoms with E-state index in [1.165, 1.54) is 0 Å². The van der Waals surface area contributed by atoms with Crippen LogP contribution < -0.4 is 0 Å². The molecule has 15 heteroatoms. The molecular weight excluding hydrogens is 1270 g/mol. The predicted octanol–water partition coefficient (Wildman–Crippen LogP) is 17.5. The van der Waals surface area contributed by atoms with E-state index in [0.717, 1.165) is 64.6 Å². The van der Waals surface area contributed by atoms with Crippen LogP contribution in [0.1, 0.15) is 83.1 Å². The van der Waals surface area contributed by atoms with Crippen LogP contribution in [0, 0.1) is 0 Å². The number of phenolic OH excluding ortho intramolecular Hbond substituents is 6. The molecule has 0 aliphatic rings. The molecule has 0 unspecified atom stereocenters. The molecule has 93 heavy (non-hydrogen) atoms. The van der Waals surface area contributed by atoms with E-state index in [9.17, 15) is 30.6 Å². The molecule has 0 saturated carbocycles. The molecule has 0 aromatic heterocycles. The van der Waals surface area contributed by atoms with Crippen molar-refractivity contribution in [2.24, 2.45) is 0 Å². The summed E-state index contributed by atoms with van der Waals surface area (Å²) >= 11 is 0. The van der Waals surface area contributed by atoms with E-state index in [-0.39, 0.29) is 136 Å². The SMILES string of the molecule is CC(C)O.CC(C)O.CC(C)O.CC(C)O.CC(C)O.CC(C)O.Oc1ccc2ccccc2c1-c1c(O)ccc2ccccc12.Oc1ccc2ccccc2c1-c1c(O)ccc2ccccc12.Oc1ccc2ccccc2c1-c1c(O)ccc2ccccc12.[Ti].[Ti].[Ti]. The van der Waals surface area contributed by atoms with Crippen molar-refractivity contribution in [2.45, 2.75) is 120 Å². The third-order valence-electron chi connectivity index (χ3n) is 12.2. The predicted molar refractivity (Wildman–Crippen MR) is 375 cm³/mol. The Hall–Kier alpha value is -7.10. The Morgan fingerprint density at radius 1 is 0.172 bits per heavy atom. The van der Waals surface area contributed by atoms with Crippen LogP contribution in [0.5, 0.6) is 34.5 Å². The van der Waals surface area contributed by atoms with Crippen LogP contribution in [-0.2, 0) is 65.2 Å². The third kappa shape index (κ3) is 26.3. The van der Waals surface area contributed by atoms with E-state index in [4.69, 9.17) is 30.6 Å². The molecule has 0 radical (unpaired) electrons. The zero-order valence-electron chi connectivity index (χ0n) is 55.1. The summed E-state index contributed by atoms with van der Waals surface area (Å²) in [6.07, 6.45) is -1.00.